The van der Waals surface area contributed by atoms with Crippen molar-refractivity contribution in [2.24, 2.45) is 0 Å². The Balaban J connectivity index is -0.000000449. The number of nitrogens with zero attached hydrogens (tertiary/aromatic N) is 1. The summed E-state index contributed by atoms with van der Waals surface area (Å²) < 4.78 is 0. The molecule has 15 heavy (non-hydrogen) atoms. The zero-order valence-electron chi connectivity index (χ0n) is 7.46. The van der Waals surface area contributed by atoms with Crippen LogP contribution < -0.4 is 0 Å². The molecule has 0 aliphatic heterocycles. The molecular weight excluding hydrogens is 250 g/mol. The van der Waals surface area contributed by atoms with Crippen molar-refractivity contribution in [3.63, 3.8) is 0 Å². The van der Waals surface area contributed by atoms with Crippen LogP contribution in [0.2, 0.25) is 0 Å². The van der Waals surface area contributed by atoms with Crippen molar-refractivity contribution >= 4 is 6.29 Å². The molecule has 0 heterocycles. The molecule has 0 saturated carbocycles. The van der Waals surface area contributed by atoms with E-state index in [0.717, 1.165) is 6.29 Å². The fraction of sp³-hybridized carbons (Fsp3) is 0.714. The molecule has 0 bridgehead atoms. The van der Waals surface area contributed by atoms with Gasteiger partial charge in [0.05, 0.1) is 12.7 Å². The zero-order valence-corrected chi connectivity index (χ0v) is 8.57. The van der Waals surface area contributed by atoms with Crippen LogP contribution in [0.15, 0.2) is 0 Å². The standard InChI is InChI=1S/C6H11O6.CN.Fe/c7-1-3(9)5(11)6(12)4(10)2-8;1-2;/h3-7,9-12H,1H2;;/q2*-1;+2/t3-,4+,5-,6-;;/m1../s1. The third-order valence-electron chi connectivity index (χ3n) is 1.38. The van der Waals surface area contributed by atoms with Crippen LogP contribution in [-0.2, 0) is 21.9 Å². The van der Waals surface area contributed by atoms with E-state index in [1.807, 2.05) is 0 Å². The van der Waals surface area contributed by atoms with Crippen LogP contribution in [0.4, 0.5) is 0 Å². The SMILES string of the molecule is O=[C-][C@H](O)[C@@H](O)[C@H](O)[C@H](O)CO.[C-]#N.[Fe+2]. The molecule has 7 nitrogen and oxygen atoms in total. The van der Waals surface area contributed by atoms with E-state index in [9.17, 15) is 4.79 Å². The van der Waals surface area contributed by atoms with Crippen molar-refractivity contribution < 1.29 is 47.4 Å². The number of aliphatic hydroxyl groups is 5. The average molecular weight is 261 g/mol. The normalized spacial score (nSPS) is 17.0. The number of hydrogen-bond donors (Lipinski definition) is 5. The second-order valence-electron chi connectivity index (χ2n) is 2.29. The Bertz CT molecular complexity index is 178. The van der Waals surface area contributed by atoms with E-state index in [1.54, 1.807) is 0 Å². The van der Waals surface area contributed by atoms with E-state index in [-0.39, 0.29) is 17.1 Å². The van der Waals surface area contributed by atoms with Gasteiger partial charge in [-0.3, -0.25) is 0 Å². The van der Waals surface area contributed by atoms with Gasteiger partial charge in [0.15, 0.2) is 0 Å². The van der Waals surface area contributed by atoms with Crippen molar-refractivity contribution in [3.8, 4) is 0 Å². The van der Waals surface area contributed by atoms with Gasteiger partial charge in [-0.2, -0.15) is 0 Å². The number of rotatable bonds is 5. The van der Waals surface area contributed by atoms with Crippen LogP contribution in [0.5, 0.6) is 0 Å². The van der Waals surface area contributed by atoms with Crippen LogP contribution in [0.3, 0.4) is 0 Å². The summed E-state index contributed by atoms with van der Waals surface area (Å²) in [5, 5.41) is 49.7. The summed E-state index contributed by atoms with van der Waals surface area (Å²) in [6.07, 6.45) is -6.07. The molecule has 0 fully saturated rings. The van der Waals surface area contributed by atoms with Gasteiger partial charge in [-0.1, -0.05) is 0 Å². The molecule has 0 aromatic heterocycles. The number of hydrogen-bond acceptors (Lipinski definition) is 7. The molecule has 8 heteroatoms. The molecule has 4 atom stereocenters. The van der Waals surface area contributed by atoms with Crippen LogP contribution in [-0.4, -0.2) is 62.8 Å². The molecule has 0 aliphatic carbocycles. The first-order valence-electron chi connectivity index (χ1n) is 3.47. The van der Waals surface area contributed by atoms with Gasteiger partial charge in [0.2, 0.25) is 0 Å². The second kappa shape index (κ2) is 11.6. The van der Waals surface area contributed by atoms with Crippen LogP contribution >= 0.6 is 0 Å². The fourth-order valence-electron chi connectivity index (χ4n) is 0.592. The van der Waals surface area contributed by atoms with E-state index in [2.05, 4.69) is 0 Å². The maximum absolute atomic E-state index is 9.77. The topological polar surface area (TPSA) is 142 Å². The van der Waals surface area contributed by atoms with Gasteiger partial charge in [0, 0.05) is 0 Å². The Kier molecular flexibility index (Phi) is 15.4. The van der Waals surface area contributed by atoms with Gasteiger partial charge in [-0.25, -0.2) is 6.29 Å². The van der Waals surface area contributed by atoms with Crippen LogP contribution in [0.25, 0.3) is 0 Å². The Hall–Kier alpha value is -0.521. The van der Waals surface area contributed by atoms with Gasteiger partial charge >= 0.3 is 17.1 Å². The van der Waals surface area contributed by atoms with Gasteiger partial charge in [-0.15, -0.1) is 0 Å². The van der Waals surface area contributed by atoms with Crippen LogP contribution in [0.1, 0.15) is 0 Å². The third kappa shape index (κ3) is 7.41. The summed E-state index contributed by atoms with van der Waals surface area (Å²) in [5.74, 6) is 0. The predicted octanol–water partition coefficient (Wildman–Crippen LogP) is -3.37. The summed E-state index contributed by atoms with van der Waals surface area (Å²) in [6, 6.07) is 0. The minimum atomic E-state index is -1.89. The predicted molar refractivity (Wildman–Crippen MR) is 41.8 cm³/mol. The summed E-state index contributed by atoms with van der Waals surface area (Å²) in [7, 11) is 0. The van der Waals surface area contributed by atoms with Gasteiger partial charge < -0.3 is 42.2 Å². The fourth-order valence-corrected chi connectivity index (χ4v) is 0.592. The van der Waals surface area contributed by atoms with Crippen molar-refractivity contribution in [3.05, 3.63) is 6.57 Å². The molecule has 5 N–H and O–H groups in total. The Labute approximate surface area is 97.1 Å². The van der Waals surface area contributed by atoms with Crippen LogP contribution in [0, 0.1) is 11.8 Å². The minimum absolute atomic E-state index is 0. The summed E-state index contributed by atoms with van der Waals surface area (Å²) in [5.41, 5.74) is 0. The molecule has 0 saturated heterocycles. The average Bonchev–Trinajstić information content (AvgIpc) is 2.27. The Morgan fingerprint density at radius 2 is 1.53 bits per heavy atom. The van der Waals surface area contributed by atoms with Crippen molar-refractivity contribution in [2.45, 2.75) is 24.4 Å². The molecule has 0 radical (unpaired) electrons. The minimum Gasteiger partial charge on any atom is -0.539 e. The Morgan fingerprint density at radius 3 is 1.80 bits per heavy atom. The largest absolute Gasteiger partial charge is 2.00 e. The smallest absolute Gasteiger partial charge is 0.539 e. The van der Waals surface area contributed by atoms with E-state index in [0.29, 0.717) is 0 Å². The van der Waals surface area contributed by atoms with Crippen molar-refractivity contribution in [1.29, 1.82) is 5.26 Å². The van der Waals surface area contributed by atoms with E-state index < -0.39 is 31.0 Å². The molecule has 0 aromatic carbocycles. The van der Waals surface area contributed by atoms with E-state index in [1.165, 1.54) is 0 Å². The maximum Gasteiger partial charge on any atom is 2.00 e. The first-order chi connectivity index (χ1) is 6.54. The third-order valence-corrected chi connectivity index (χ3v) is 1.38. The number of carbonyl (C=O) groups excluding carboxylic acids is 1. The van der Waals surface area contributed by atoms with E-state index >= 15 is 0 Å². The zero-order chi connectivity index (χ0) is 11.7. The molecule has 0 unspecified atom stereocenters. The molecule has 0 spiro atoms. The van der Waals surface area contributed by atoms with Gasteiger partial charge in [0.1, 0.15) is 12.2 Å². The Morgan fingerprint density at radius 1 is 1.13 bits per heavy atom. The monoisotopic (exact) mass is 261 g/mol. The summed E-state index contributed by atoms with van der Waals surface area (Å²) in [6.45, 7) is 3.98. The first kappa shape index (κ1) is 20.0. The molecule has 0 rings (SSSR count). The van der Waals surface area contributed by atoms with Crippen molar-refractivity contribution in [2.75, 3.05) is 6.61 Å². The molecule has 0 aliphatic rings. The first-order valence-corrected chi connectivity index (χ1v) is 3.47. The van der Waals surface area contributed by atoms with E-state index in [4.69, 9.17) is 37.4 Å². The summed E-state index contributed by atoms with van der Waals surface area (Å²) in [4.78, 5) is 9.77. The quantitative estimate of drug-likeness (QED) is 0.257. The second-order valence-corrected chi connectivity index (χ2v) is 2.29. The van der Waals surface area contributed by atoms with Gasteiger partial charge in [-0.05, 0) is 6.10 Å². The van der Waals surface area contributed by atoms with Crippen molar-refractivity contribution in [1.82, 2.24) is 0 Å². The molecule has 0 amide bonds. The van der Waals surface area contributed by atoms with Gasteiger partial charge in [0.25, 0.3) is 0 Å². The molecular formula is C7H11FeNO6. The molecule has 88 valence electrons. The maximum atomic E-state index is 9.77. The molecule has 0 aromatic rings. The number of aliphatic hydroxyl groups excluding tert-OH is 5. The summed E-state index contributed by atoms with van der Waals surface area (Å²) >= 11 is 0.